The zero-order valence-corrected chi connectivity index (χ0v) is 15.5. The van der Waals surface area contributed by atoms with E-state index in [9.17, 15) is 9.59 Å². The molecule has 0 aliphatic carbocycles. The number of piperidine rings is 2. The van der Waals surface area contributed by atoms with E-state index in [0.29, 0.717) is 18.4 Å². The maximum absolute atomic E-state index is 13.0. The fourth-order valence-corrected chi connectivity index (χ4v) is 3.56. The molecule has 0 radical (unpaired) electrons. The van der Waals surface area contributed by atoms with Gasteiger partial charge in [0.2, 0.25) is 11.8 Å². The van der Waals surface area contributed by atoms with Crippen LogP contribution in [0.1, 0.15) is 52.4 Å². The van der Waals surface area contributed by atoms with Crippen molar-refractivity contribution in [2.45, 2.75) is 64.5 Å². The molecule has 0 saturated carbocycles. The molecule has 2 heterocycles. The number of amides is 2. The van der Waals surface area contributed by atoms with Gasteiger partial charge in [-0.2, -0.15) is 0 Å². The molecule has 23 heavy (non-hydrogen) atoms. The number of nitrogens with one attached hydrogen (secondary N) is 1. The number of carbonyl (C=O) groups is 2. The van der Waals surface area contributed by atoms with Crippen LogP contribution >= 0.6 is 12.4 Å². The summed E-state index contributed by atoms with van der Waals surface area (Å²) in [5.74, 6) is 0.743. The van der Waals surface area contributed by atoms with Crippen molar-refractivity contribution in [3.63, 3.8) is 0 Å². The van der Waals surface area contributed by atoms with E-state index in [1.807, 2.05) is 16.8 Å². The van der Waals surface area contributed by atoms with Gasteiger partial charge in [0.25, 0.3) is 0 Å². The first-order valence-corrected chi connectivity index (χ1v) is 8.78. The Kier molecular flexibility index (Phi) is 8.34. The first kappa shape index (κ1) is 20.2. The molecule has 0 aromatic heterocycles. The molecule has 0 aromatic carbocycles. The summed E-state index contributed by atoms with van der Waals surface area (Å²) in [7, 11) is 1.98. The zero-order chi connectivity index (χ0) is 16.1. The molecule has 134 valence electrons. The van der Waals surface area contributed by atoms with Gasteiger partial charge >= 0.3 is 0 Å². The maximum atomic E-state index is 13.0. The van der Waals surface area contributed by atoms with Crippen molar-refractivity contribution in [2.24, 2.45) is 5.92 Å². The van der Waals surface area contributed by atoms with Gasteiger partial charge in [0.05, 0.1) is 0 Å². The predicted molar refractivity (Wildman–Crippen MR) is 94.7 cm³/mol. The van der Waals surface area contributed by atoms with Crippen LogP contribution < -0.4 is 5.32 Å². The molecule has 2 aliphatic heterocycles. The van der Waals surface area contributed by atoms with Crippen molar-refractivity contribution >= 4 is 24.2 Å². The smallest absolute Gasteiger partial charge is 0.245 e. The lowest BCUT2D eigenvalue weighted by Crippen LogP contribution is -2.55. The fourth-order valence-electron chi connectivity index (χ4n) is 3.56. The topological polar surface area (TPSA) is 52.7 Å². The fraction of sp³-hybridized carbons (Fsp3) is 0.882. The van der Waals surface area contributed by atoms with Gasteiger partial charge in [-0.1, -0.05) is 13.8 Å². The van der Waals surface area contributed by atoms with Crippen LogP contribution in [-0.4, -0.2) is 60.4 Å². The molecular formula is C17H32ClN3O2. The summed E-state index contributed by atoms with van der Waals surface area (Å²) in [5, 5.41) is 3.29. The quantitative estimate of drug-likeness (QED) is 0.829. The highest BCUT2D eigenvalue weighted by atomic mass is 35.5. The maximum Gasteiger partial charge on any atom is 0.245 e. The summed E-state index contributed by atoms with van der Waals surface area (Å²) < 4.78 is 0. The summed E-state index contributed by atoms with van der Waals surface area (Å²) in [6, 6.07) is 0.267. The lowest BCUT2D eigenvalue weighted by atomic mass is 9.96. The number of likely N-dealkylation sites (tertiary alicyclic amines) is 2. The van der Waals surface area contributed by atoms with Gasteiger partial charge in [0, 0.05) is 32.1 Å². The number of carbonyl (C=O) groups excluding carboxylic acids is 2. The molecule has 2 saturated heterocycles. The Morgan fingerprint density at radius 1 is 1.22 bits per heavy atom. The van der Waals surface area contributed by atoms with Crippen molar-refractivity contribution in [2.75, 3.05) is 26.7 Å². The van der Waals surface area contributed by atoms with Crippen LogP contribution in [0.2, 0.25) is 0 Å². The van der Waals surface area contributed by atoms with Crippen LogP contribution in [0.15, 0.2) is 0 Å². The van der Waals surface area contributed by atoms with E-state index in [1.165, 1.54) is 0 Å². The number of hydrogen-bond donors (Lipinski definition) is 1. The lowest BCUT2D eigenvalue weighted by Gasteiger charge is -2.39. The minimum Gasteiger partial charge on any atom is -0.341 e. The van der Waals surface area contributed by atoms with Crippen molar-refractivity contribution in [1.29, 1.82) is 0 Å². The van der Waals surface area contributed by atoms with Crippen LogP contribution in [0.25, 0.3) is 0 Å². The van der Waals surface area contributed by atoms with E-state index >= 15 is 0 Å². The summed E-state index contributed by atoms with van der Waals surface area (Å²) in [5.41, 5.74) is 0. The highest BCUT2D eigenvalue weighted by molar-refractivity contribution is 5.88. The molecular weight excluding hydrogens is 314 g/mol. The third-order valence-corrected chi connectivity index (χ3v) is 4.93. The molecule has 2 aliphatic rings. The molecule has 1 atom stereocenters. The Labute approximate surface area is 146 Å². The van der Waals surface area contributed by atoms with Gasteiger partial charge in [-0.3, -0.25) is 9.59 Å². The third kappa shape index (κ3) is 5.35. The SMILES string of the molecule is CNC1CCN(C(=O)C(CC(C)C)N2CCCCC2=O)CC1.Cl. The van der Waals surface area contributed by atoms with Gasteiger partial charge in [-0.15, -0.1) is 12.4 Å². The second kappa shape index (κ2) is 9.48. The molecule has 2 fully saturated rings. The third-order valence-electron chi connectivity index (χ3n) is 4.93. The van der Waals surface area contributed by atoms with E-state index in [0.717, 1.165) is 51.7 Å². The van der Waals surface area contributed by atoms with Gasteiger partial charge in [-0.25, -0.2) is 0 Å². The second-order valence-corrected chi connectivity index (χ2v) is 7.08. The minimum atomic E-state index is -0.251. The van der Waals surface area contributed by atoms with E-state index in [-0.39, 0.29) is 30.3 Å². The second-order valence-electron chi connectivity index (χ2n) is 7.08. The summed E-state index contributed by atoms with van der Waals surface area (Å²) in [6.45, 7) is 6.61. The van der Waals surface area contributed by atoms with Gasteiger partial charge in [0.1, 0.15) is 6.04 Å². The monoisotopic (exact) mass is 345 g/mol. The van der Waals surface area contributed by atoms with Crippen LogP contribution in [0.4, 0.5) is 0 Å². The van der Waals surface area contributed by atoms with Crippen molar-refractivity contribution in [3.05, 3.63) is 0 Å². The number of rotatable bonds is 5. The summed E-state index contributed by atoms with van der Waals surface area (Å²) >= 11 is 0. The number of hydrogen-bond acceptors (Lipinski definition) is 3. The van der Waals surface area contributed by atoms with Crippen LogP contribution in [-0.2, 0) is 9.59 Å². The Bertz CT molecular complexity index is 395. The van der Waals surface area contributed by atoms with Crippen molar-refractivity contribution in [3.8, 4) is 0 Å². The van der Waals surface area contributed by atoms with E-state index in [4.69, 9.17) is 0 Å². The average Bonchev–Trinajstić information content (AvgIpc) is 2.52. The number of nitrogens with zero attached hydrogens (tertiary/aromatic N) is 2. The standard InChI is InChI=1S/C17H31N3O2.ClH/c1-13(2)12-15(20-9-5-4-6-16(20)21)17(22)19-10-7-14(18-3)8-11-19;/h13-15,18H,4-12H2,1-3H3;1H. The lowest BCUT2D eigenvalue weighted by molar-refractivity contribution is -0.148. The highest BCUT2D eigenvalue weighted by Crippen LogP contribution is 2.22. The van der Waals surface area contributed by atoms with E-state index in [1.54, 1.807) is 0 Å². The molecule has 2 amide bonds. The normalized spacial score (nSPS) is 21.3. The predicted octanol–water partition coefficient (Wildman–Crippen LogP) is 2.05. The Balaban J connectivity index is 0.00000264. The largest absolute Gasteiger partial charge is 0.341 e. The van der Waals surface area contributed by atoms with Crippen LogP contribution in [0.3, 0.4) is 0 Å². The Morgan fingerprint density at radius 2 is 1.87 bits per heavy atom. The molecule has 0 bridgehead atoms. The van der Waals surface area contributed by atoms with Gasteiger partial charge in [-0.05, 0) is 45.1 Å². The first-order valence-electron chi connectivity index (χ1n) is 8.78. The molecule has 1 N–H and O–H groups in total. The molecule has 6 heteroatoms. The van der Waals surface area contributed by atoms with Crippen LogP contribution in [0, 0.1) is 5.92 Å². The molecule has 0 spiro atoms. The molecule has 5 nitrogen and oxygen atoms in total. The average molecular weight is 346 g/mol. The Hall–Kier alpha value is -0.810. The summed E-state index contributed by atoms with van der Waals surface area (Å²) in [4.78, 5) is 29.1. The van der Waals surface area contributed by atoms with Gasteiger partial charge in [0.15, 0.2) is 0 Å². The molecule has 1 unspecified atom stereocenters. The van der Waals surface area contributed by atoms with Crippen LogP contribution in [0.5, 0.6) is 0 Å². The van der Waals surface area contributed by atoms with E-state index in [2.05, 4.69) is 19.2 Å². The summed E-state index contributed by atoms with van der Waals surface area (Å²) in [6.07, 6.45) is 5.37. The first-order chi connectivity index (χ1) is 10.5. The molecule has 2 rings (SSSR count). The highest BCUT2D eigenvalue weighted by Gasteiger charge is 2.35. The molecule has 0 aromatic rings. The zero-order valence-electron chi connectivity index (χ0n) is 14.7. The Morgan fingerprint density at radius 3 is 2.39 bits per heavy atom. The van der Waals surface area contributed by atoms with Crippen molar-refractivity contribution in [1.82, 2.24) is 15.1 Å². The van der Waals surface area contributed by atoms with Gasteiger partial charge < -0.3 is 15.1 Å². The number of halogens is 1. The minimum absolute atomic E-state index is 0. The van der Waals surface area contributed by atoms with Crippen molar-refractivity contribution < 1.29 is 9.59 Å². The van der Waals surface area contributed by atoms with E-state index < -0.39 is 0 Å².